The number of nitrogens with two attached hydrogens (primary N) is 1. The highest BCUT2D eigenvalue weighted by Crippen LogP contribution is 2.28. The minimum Gasteiger partial charge on any atom is -0.374 e. The fourth-order valence-electron chi connectivity index (χ4n) is 2.79. The van der Waals surface area contributed by atoms with Crippen LogP contribution in [-0.4, -0.2) is 26.7 Å². The van der Waals surface area contributed by atoms with Crippen LogP contribution in [0.4, 0.5) is 5.69 Å². The largest absolute Gasteiger partial charge is 0.374 e. The molecule has 3 nitrogen and oxygen atoms in total. The molecule has 0 saturated carbocycles. The van der Waals surface area contributed by atoms with Crippen molar-refractivity contribution in [3.63, 3.8) is 0 Å². The molecule has 0 radical (unpaired) electrons. The number of benzene rings is 1. The summed E-state index contributed by atoms with van der Waals surface area (Å²) in [6, 6.07) is 6.99. The van der Waals surface area contributed by atoms with E-state index >= 15 is 0 Å². The van der Waals surface area contributed by atoms with Crippen molar-refractivity contribution in [1.82, 2.24) is 5.32 Å². The summed E-state index contributed by atoms with van der Waals surface area (Å²) in [6.07, 6.45) is 3.28. The summed E-state index contributed by atoms with van der Waals surface area (Å²) in [5.74, 6) is 5.99. The molecule has 0 amide bonds. The Bertz CT molecular complexity index is 499. The third kappa shape index (κ3) is 3.53. The summed E-state index contributed by atoms with van der Waals surface area (Å²) in [5.41, 5.74) is 10.0. The number of aryl methyl sites for hydroxylation is 1. The second-order valence-corrected chi connectivity index (χ2v) is 5.33. The van der Waals surface area contributed by atoms with Gasteiger partial charge >= 0.3 is 0 Å². The maximum absolute atomic E-state index is 5.91. The van der Waals surface area contributed by atoms with E-state index in [0.29, 0.717) is 6.54 Å². The van der Waals surface area contributed by atoms with Crippen LogP contribution in [0.5, 0.6) is 0 Å². The van der Waals surface area contributed by atoms with Gasteiger partial charge in [-0.2, -0.15) is 0 Å². The molecule has 0 bridgehead atoms. The van der Waals surface area contributed by atoms with Gasteiger partial charge in [0.05, 0.1) is 0 Å². The van der Waals surface area contributed by atoms with Crippen molar-refractivity contribution in [3.05, 3.63) is 29.3 Å². The molecule has 1 aromatic rings. The molecule has 0 spiro atoms. The zero-order chi connectivity index (χ0) is 14.4. The Morgan fingerprint density at radius 1 is 1.45 bits per heavy atom. The topological polar surface area (TPSA) is 41.3 Å². The molecule has 20 heavy (non-hydrogen) atoms. The van der Waals surface area contributed by atoms with Crippen molar-refractivity contribution in [2.24, 2.45) is 5.73 Å². The van der Waals surface area contributed by atoms with E-state index in [1.54, 1.807) is 0 Å². The number of nitrogens with zero attached hydrogens (tertiary/aromatic N) is 1. The van der Waals surface area contributed by atoms with Gasteiger partial charge in [-0.25, -0.2) is 0 Å². The van der Waals surface area contributed by atoms with Crippen molar-refractivity contribution in [3.8, 4) is 11.8 Å². The molecule has 1 aliphatic rings. The van der Waals surface area contributed by atoms with Crippen LogP contribution in [0.15, 0.2) is 18.2 Å². The maximum atomic E-state index is 5.91. The second-order valence-electron chi connectivity index (χ2n) is 5.33. The van der Waals surface area contributed by atoms with Crippen LogP contribution in [0.2, 0.25) is 0 Å². The van der Waals surface area contributed by atoms with Gasteiger partial charge < -0.3 is 16.0 Å². The third-order valence-corrected chi connectivity index (χ3v) is 3.91. The molecule has 0 saturated heterocycles. The molecule has 3 heteroatoms. The Hall–Kier alpha value is -1.50. The van der Waals surface area contributed by atoms with Crippen LogP contribution in [-0.2, 0) is 6.42 Å². The minimum atomic E-state index is 0.228. The zero-order valence-corrected chi connectivity index (χ0v) is 12.6. The van der Waals surface area contributed by atoms with E-state index in [9.17, 15) is 0 Å². The Kier molecular flexibility index (Phi) is 5.46. The highest BCUT2D eigenvalue weighted by Gasteiger charge is 2.16. The molecule has 1 atom stereocenters. The van der Waals surface area contributed by atoms with Gasteiger partial charge in [0.25, 0.3) is 0 Å². The molecule has 1 aromatic carbocycles. The lowest BCUT2D eigenvalue weighted by Crippen LogP contribution is -2.30. The van der Waals surface area contributed by atoms with Crippen molar-refractivity contribution in [1.29, 1.82) is 0 Å². The first-order valence-corrected chi connectivity index (χ1v) is 7.43. The maximum Gasteiger partial charge on any atom is 0.0444 e. The lowest BCUT2D eigenvalue weighted by molar-refractivity contribution is 0.549. The lowest BCUT2D eigenvalue weighted by atomic mass is 9.96. The quantitative estimate of drug-likeness (QED) is 0.636. The first kappa shape index (κ1) is 14.9. The normalized spacial score (nSPS) is 15.2. The van der Waals surface area contributed by atoms with Crippen LogP contribution in [0.1, 0.15) is 36.9 Å². The molecule has 1 heterocycles. The van der Waals surface area contributed by atoms with E-state index < -0.39 is 0 Å². The number of fused-ring (bicyclic) bond motifs is 1. The fraction of sp³-hybridized carbons (Fsp3) is 0.529. The first-order valence-electron chi connectivity index (χ1n) is 7.43. The first-order chi connectivity index (χ1) is 9.76. The lowest BCUT2D eigenvalue weighted by Gasteiger charge is -2.29. The summed E-state index contributed by atoms with van der Waals surface area (Å²) in [5, 5.41) is 3.50. The van der Waals surface area contributed by atoms with Crippen LogP contribution in [0, 0.1) is 11.8 Å². The standard InChI is InChI=1S/C17H25N3/c1-3-4-5-10-19-16(13-18)14-8-9-17-15(12-14)7-6-11-20(17)2/h8-9,12,16,19H,5-7,10-11,13,18H2,1-2H3. The van der Waals surface area contributed by atoms with Crippen molar-refractivity contribution < 1.29 is 0 Å². The Balaban J connectivity index is 2.07. The van der Waals surface area contributed by atoms with Gasteiger partial charge in [0.2, 0.25) is 0 Å². The second kappa shape index (κ2) is 7.33. The van der Waals surface area contributed by atoms with Gasteiger partial charge in [-0.1, -0.05) is 12.1 Å². The number of anilines is 1. The summed E-state index contributed by atoms with van der Waals surface area (Å²) >= 11 is 0. The van der Waals surface area contributed by atoms with Gasteiger partial charge in [0.1, 0.15) is 0 Å². The smallest absolute Gasteiger partial charge is 0.0444 e. The summed E-state index contributed by atoms with van der Waals surface area (Å²) in [7, 11) is 2.17. The molecular weight excluding hydrogens is 246 g/mol. The van der Waals surface area contributed by atoms with E-state index in [0.717, 1.165) is 19.5 Å². The monoisotopic (exact) mass is 271 g/mol. The average molecular weight is 271 g/mol. The Labute approximate surface area is 122 Å². The predicted octanol–water partition coefficient (Wildman–Crippen LogP) is 2.07. The Morgan fingerprint density at radius 2 is 2.30 bits per heavy atom. The van der Waals surface area contributed by atoms with Crippen LogP contribution < -0.4 is 16.0 Å². The molecule has 3 N–H and O–H groups in total. The van der Waals surface area contributed by atoms with Crippen molar-refractivity contribution in [2.75, 3.05) is 31.6 Å². The molecule has 0 fully saturated rings. The number of nitrogens with one attached hydrogen (secondary N) is 1. The molecule has 1 aliphatic heterocycles. The van der Waals surface area contributed by atoms with Crippen molar-refractivity contribution >= 4 is 5.69 Å². The van der Waals surface area contributed by atoms with Gasteiger partial charge in [-0.05, 0) is 37.0 Å². The molecular formula is C17H25N3. The van der Waals surface area contributed by atoms with Crippen LogP contribution >= 0.6 is 0 Å². The van der Waals surface area contributed by atoms with Crippen LogP contribution in [0.3, 0.4) is 0 Å². The van der Waals surface area contributed by atoms with E-state index in [1.807, 2.05) is 6.92 Å². The highest BCUT2D eigenvalue weighted by molar-refractivity contribution is 5.56. The van der Waals surface area contributed by atoms with E-state index in [1.165, 1.54) is 29.7 Å². The molecule has 0 aromatic heterocycles. The zero-order valence-electron chi connectivity index (χ0n) is 12.6. The molecule has 0 aliphatic carbocycles. The summed E-state index contributed by atoms with van der Waals surface area (Å²) < 4.78 is 0. The molecule has 2 rings (SSSR count). The van der Waals surface area contributed by atoms with Gasteiger partial charge in [0.15, 0.2) is 0 Å². The van der Waals surface area contributed by atoms with Crippen LogP contribution in [0.25, 0.3) is 0 Å². The fourth-order valence-corrected chi connectivity index (χ4v) is 2.79. The number of hydrogen-bond acceptors (Lipinski definition) is 3. The predicted molar refractivity (Wildman–Crippen MR) is 85.9 cm³/mol. The molecule has 1 unspecified atom stereocenters. The van der Waals surface area contributed by atoms with Gasteiger partial charge in [0, 0.05) is 44.8 Å². The Morgan fingerprint density at radius 3 is 3.05 bits per heavy atom. The van der Waals surface area contributed by atoms with E-state index in [-0.39, 0.29) is 6.04 Å². The van der Waals surface area contributed by atoms with E-state index in [2.05, 4.69) is 47.3 Å². The number of rotatable bonds is 5. The van der Waals surface area contributed by atoms with E-state index in [4.69, 9.17) is 5.73 Å². The van der Waals surface area contributed by atoms with Gasteiger partial charge in [-0.3, -0.25) is 0 Å². The summed E-state index contributed by atoms with van der Waals surface area (Å²) in [4.78, 5) is 2.34. The molecule has 108 valence electrons. The van der Waals surface area contributed by atoms with Crippen molar-refractivity contribution in [2.45, 2.75) is 32.2 Å². The minimum absolute atomic E-state index is 0.228. The van der Waals surface area contributed by atoms with Gasteiger partial charge in [-0.15, -0.1) is 11.8 Å². The highest BCUT2D eigenvalue weighted by atomic mass is 15.1. The average Bonchev–Trinajstić information content (AvgIpc) is 2.47. The third-order valence-electron chi connectivity index (χ3n) is 3.91. The SMILES string of the molecule is CC#CCCNC(CN)c1ccc2c(c1)CCCN2C. The number of hydrogen-bond donors (Lipinski definition) is 2. The summed E-state index contributed by atoms with van der Waals surface area (Å²) in [6.45, 7) is 4.54.